The molecule has 2 rings (SSSR count). The van der Waals surface area contributed by atoms with Gasteiger partial charge in [-0.2, -0.15) is 0 Å². The molecule has 3 N–H and O–H groups in total. The predicted octanol–water partition coefficient (Wildman–Crippen LogP) is 3.46. The van der Waals surface area contributed by atoms with Crippen LogP contribution in [0.1, 0.15) is 12.5 Å². The molecule has 106 valence electrons. The van der Waals surface area contributed by atoms with E-state index >= 15 is 0 Å². The molecular formula is C16H19FN2O. The van der Waals surface area contributed by atoms with E-state index < -0.39 is 0 Å². The Kier molecular flexibility index (Phi) is 4.45. The van der Waals surface area contributed by atoms with Crippen LogP contribution in [0.5, 0.6) is 5.75 Å². The van der Waals surface area contributed by atoms with Crippen LogP contribution in [0.15, 0.2) is 42.5 Å². The van der Waals surface area contributed by atoms with Crippen LogP contribution in [0.4, 0.5) is 15.8 Å². The zero-order chi connectivity index (χ0) is 14.5. The van der Waals surface area contributed by atoms with E-state index in [0.29, 0.717) is 5.69 Å². The first-order chi connectivity index (χ1) is 9.56. The van der Waals surface area contributed by atoms with Crippen molar-refractivity contribution in [3.63, 3.8) is 0 Å². The minimum absolute atomic E-state index is 0.201. The van der Waals surface area contributed by atoms with Gasteiger partial charge in [0.25, 0.3) is 0 Å². The van der Waals surface area contributed by atoms with Crippen LogP contribution in [0.25, 0.3) is 0 Å². The Balaban J connectivity index is 2.02. The fraction of sp³-hybridized carbons (Fsp3) is 0.250. The van der Waals surface area contributed by atoms with Crippen molar-refractivity contribution in [2.24, 2.45) is 0 Å². The Morgan fingerprint density at radius 2 is 1.90 bits per heavy atom. The number of hydrogen-bond donors (Lipinski definition) is 2. The van der Waals surface area contributed by atoms with Crippen LogP contribution in [0, 0.1) is 5.82 Å². The number of halogens is 1. The highest BCUT2D eigenvalue weighted by Gasteiger charge is 2.06. The maximum Gasteiger partial charge on any atom is 0.123 e. The number of nitrogen functional groups attached to an aromatic ring is 1. The van der Waals surface area contributed by atoms with E-state index in [1.807, 2.05) is 12.1 Å². The van der Waals surface area contributed by atoms with Crippen molar-refractivity contribution in [3.05, 3.63) is 53.8 Å². The minimum atomic E-state index is -0.213. The molecule has 0 aliphatic heterocycles. The number of hydrogen-bond acceptors (Lipinski definition) is 3. The van der Waals surface area contributed by atoms with Crippen LogP contribution in [-0.4, -0.2) is 13.2 Å². The molecule has 2 aromatic carbocycles. The first-order valence-corrected chi connectivity index (χ1v) is 6.52. The summed E-state index contributed by atoms with van der Waals surface area (Å²) in [5.74, 6) is 0.511. The highest BCUT2D eigenvalue weighted by molar-refractivity contribution is 5.59. The maximum absolute atomic E-state index is 12.9. The van der Waals surface area contributed by atoms with Crippen molar-refractivity contribution in [2.75, 3.05) is 18.2 Å². The maximum atomic E-state index is 12.9. The fourth-order valence-corrected chi connectivity index (χ4v) is 2.13. The van der Waals surface area contributed by atoms with Crippen molar-refractivity contribution >= 4 is 11.4 Å². The molecular weight excluding hydrogens is 255 g/mol. The van der Waals surface area contributed by atoms with E-state index in [9.17, 15) is 4.39 Å². The molecule has 4 heteroatoms. The van der Waals surface area contributed by atoms with Crippen molar-refractivity contribution in [2.45, 2.75) is 19.4 Å². The zero-order valence-corrected chi connectivity index (χ0v) is 11.7. The van der Waals surface area contributed by atoms with Crippen LogP contribution >= 0.6 is 0 Å². The first-order valence-electron chi connectivity index (χ1n) is 6.52. The third-order valence-electron chi connectivity index (χ3n) is 3.03. The second kappa shape index (κ2) is 6.28. The standard InChI is InChI=1S/C16H19FN2O/c1-11(7-12-3-5-13(17)6-4-12)19-15-8-14(18)9-16(10-15)20-2/h3-6,8-11,19H,7,18H2,1-2H3. The van der Waals surface area contributed by atoms with E-state index in [0.717, 1.165) is 23.4 Å². The van der Waals surface area contributed by atoms with Gasteiger partial charge in [0, 0.05) is 29.5 Å². The van der Waals surface area contributed by atoms with E-state index in [1.54, 1.807) is 25.3 Å². The molecule has 1 atom stereocenters. The lowest BCUT2D eigenvalue weighted by Gasteiger charge is -2.16. The molecule has 0 heterocycles. The van der Waals surface area contributed by atoms with Gasteiger partial charge < -0.3 is 15.8 Å². The van der Waals surface area contributed by atoms with Gasteiger partial charge in [0.15, 0.2) is 0 Å². The van der Waals surface area contributed by atoms with E-state index in [2.05, 4.69) is 12.2 Å². The van der Waals surface area contributed by atoms with Gasteiger partial charge in [-0.05, 0) is 37.1 Å². The first kappa shape index (κ1) is 14.2. The summed E-state index contributed by atoms with van der Waals surface area (Å²) in [6, 6.07) is 12.3. The molecule has 0 amide bonds. The molecule has 0 aliphatic rings. The Morgan fingerprint density at radius 1 is 1.20 bits per heavy atom. The van der Waals surface area contributed by atoms with Gasteiger partial charge >= 0.3 is 0 Å². The van der Waals surface area contributed by atoms with E-state index in [4.69, 9.17) is 10.5 Å². The molecule has 0 saturated heterocycles. The molecule has 0 saturated carbocycles. The lowest BCUT2D eigenvalue weighted by Crippen LogP contribution is -2.18. The zero-order valence-electron chi connectivity index (χ0n) is 11.7. The molecule has 0 fully saturated rings. The topological polar surface area (TPSA) is 47.3 Å². The molecule has 0 radical (unpaired) electrons. The minimum Gasteiger partial charge on any atom is -0.497 e. The number of anilines is 2. The highest BCUT2D eigenvalue weighted by atomic mass is 19.1. The molecule has 1 unspecified atom stereocenters. The average molecular weight is 274 g/mol. The van der Waals surface area contributed by atoms with Gasteiger partial charge in [-0.1, -0.05) is 12.1 Å². The SMILES string of the molecule is COc1cc(N)cc(NC(C)Cc2ccc(F)cc2)c1. The Bertz CT molecular complexity index is 569. The quantitative estimate of drug-likeness (QED) is 0.821. The van der Waals surface area contributed by atoms with E-state index in [1.165, 1.54) is 12.1 Å². The summed E-state index contributed by atoms with van der Waals surface area (Å²) in [5, 5.41) is 3.37. The second-order valence-corrected chi connectivity index (χ2v) is 4.87. The lowest BCUT2D eigenvalue weighted by molar-refractivity contribution is 0.415. The van der Waals surface area contributed by atoms with Gasteiger partial charge in [-0.3, -0.25) is 0 Å². The number of rotatable bonds is 5. The highest BCUT2D eigenvalue weighted by Crippen LogP contribution is 2.23. The predicted molar refractivity (Wildman–Crippen MR) is 80.6 cm³/mol. The monoisotopic (exact) mass is 274 g/mol. The number of nitrogens with one attached hydrogen (secondary N) is 1. The molecule has 0 aromatic heterocycles. The fourth-order valence-electron chi connectivity index (χ4n) is 2.13. The van der Waals surface area contributed by atoms with E-state index in [-0.39, 0.29) is 11.9 Å². The average Bonchev–Trinajstić information content (AvgIpc) is 2.40. The molecule has 0 aliphatic carbocycles. The van der Waals surface area contributed by atoms with Crippen LogP contribution < -0.4 is 15.8 Å². The summed E-state index contributed by atoms with van der Waals surface area (Å²) >= 11 is 0. The van der Waals surface area contributed by atoms with Gasteiger partial charge in [-0.15, -0.1) is 0 Å². The summed E-state index contributed by atoms with van der Waals surface area (Å²) < 4.78 is 18.0. The summed E-state index contributed by atoms with van der Waals surface area (Å²) in [5.41, 5.74) is 8.47. The third kappa shape index (κ3) is 3.88. The van der Waals surface area contributed by atoms with Crippen molar-refractivity contribution < 1.29 is 9.13 Å². The van der Waals surface area contributed by atoms with Crippen molar-refractivity contribution in [3.8, 4) is 5.75 Å². The van der Waals surface area contributed by atoms with Gasteiger partial charge in [-0.25, -0.2) is 4.39 Å². The van der Waals surface area contributed by atoms with Crippen LogP contribution in [-0.2, 0) is 6.42 Å². The summed E-state index contributed by atoms with van der Waals surface area (Å²) in [6.45, 7) is 2.07. The van der Waals surface area contributed by atoms with Gasteiger partial charge in [0.1, 0.15) is 11.6 Å². The summed E-state index contributed by atoms with van der Waals surface area (Å²) in [6.07, 6.45) is 0.803. The second-order valence-electron chi connectivity index (χ2n) is 4.87. The number of nitrogens with two attached hydrogens (primary N) is 1. The molecule has 2 aromatic rings. The lowest BCUT2D eigenvalue weighted by atomic mass is 10.1. The molecule has 3 nitrogen and oxygen atoms in total. The largest absolute Gasteiger partial charge is 0.497 e. The normalized spacial score (nSPS) is 11.9. The Hall–Kier alpha value is -2.23. The smallest absolute Gasteiger partial charge is 0.123 e. The van der Waals surface area contributed by atoms with Crippen molar-refractivity contribution in [1.82, 2.24) is 0 Å². The number of methoxy groups -OCH3 is 1. The number of ether oxygens (including phenoxy) is 1. The molecule has 20 heavy (non-hydrogen) atoms. The third-order valence-corrected chi connectivity index (χ3v) is 3.03. The number of benzene rings is 2. The summed E-state index contributed by atoms with van der Waals surface area (Å²) in [7, 11) is 1.61. The Morgan fingerprint density at radius 3 is 2.55 bits per heavy atom. The van der Waals surface area contributed by atoms with Gasteiger partial charge in [0.2, 0.25) is 0 Å². The van der Waals surface area contributed by atoms with Crippen LogP contribution in [0.3, 0.4) is 0 Å². The molecule has 0 bridgehead atoms. The Labute approximate surface area is 118 Å². The van der Waals surface area contributed by atoms with Crippen LogP contribution in [0.2, 0.25) is 0 Å². The molecule has 0 spiro atoms. The van der Waals surface area contributed by atoms with Crippen molar-refractivity contribution in [1.29, 1.82) is 0 Å². The summed E-state index contributed by atoms with van der Waals surface area (Å²) in [4.78, 5) is 0. The van der Waals surface area contributed by atoms with Gasteiger partial charge in [0.05, 0.1) is 7.11 Å².